The highest BCUT2D eigenvalue weighted by Gasteiger charge is 2.36. The van der Waals surface area contributed by atoms with E-state index in [0.29, 0.717) is 87.1 Å². The molecule has 2 aliphatic heterocycles. The number of halogens is 1. The van der Waals surface area contributed by atoms with Crippen molar-refractivity contribution in [2.24, 2.45) is 25.9 Å². The minimum atomic E-state index is -0.0828. The standard InChI is InChI=1S/C25H29N7O3.C19H18ClN5O2.C6H12N2O/c1-15(2)31-10-11-32(25(31)34)21-12-20(18(13-26-21)22(33)16-8-9-16)28-19-7-5-6-17(23(19)35-4)24-27-14-30(3)29-24;1-25-10-22-19(24-25)12-4-3-5-14(18(12)27-2)23-15-8-16(20)21-9-13(15)17(26)11-6-7-11;1-5(2)8-4-3-7-6(8)9/h5-7,12-16H,8-11H2,1-4H3,(H,26,28);3-5,8-11H,6-7H2,1-2H3,(H,21,23);5H,3-4H2,1-2H3,(H,7,9). The number of hydrogen-bond donors (Lipinski definition) is 3. The van der Waals surface area contributed by atoms with E-state index in [9.17, 15) is 19.2 Å². The predicted molar refractivity (Wildman–Crippen MR) is 270 cm³/mol. The number of carbonyl (C=O) groups excluding carboxylic acids is 4. The maximum atomic E-state index is 13.1. The quantitative estimate of drug-likeness (QED) is 0.0653. The highest BCUT2D eigenvalue weighted by molar-refractivity contribution is 6.30. The fraction of sp³-hybridized carbons (Fsp3) is 0.400. The lowest BCUT2D eigenvalue weighted by Crippen LogP contribution is -2.36. The summed E-state index contributed by atoms with van der Waals surface area (Å²) in [5.74, 6) is 3.00. The van der Waals surface area contributed by atoms with Crippen LogP contribution in [0.5, 0.6) is 11.5 Å². The van der Waals surface area contributed by atoms with Crippen LogP contribution in [0.3, 0.4) is 0 Å². The summed E-state index contributed by atoms with van der Waals surface area (Å²) in [6, 6.07) is 15.1. The third-order valence-electron chi connectivity index (χ3n) is 12.3. The number of anilines is 5. The zero-order valence-electron chi connectivity index (χ0n) is 41.1. The second-order valence-electron chi connectivity index (χ2n) is 18.2. The van der Waals surface area contributed by atoms with Gasteiger partial charge in [0.25, 0.3) is 0 Å². The molecule has 2 aliphatic carbocycles. The number of Topliss-reactive ketones (excluding diaryl/α,β-unsaturated/α-hetero) is 2. The third kappa shape index (κ3) is 11.4. The van der Waals surface area contributed by atoms with Gasteiger partial charge in [-0.1, -0.05) is 23.7 Å². The highest BCUT2D eigenvalue weighted by atomic mass is 35.5. The van der Waals surface area contributed by atoms with E-state index in [0.717, 1.165) is 49.9 Å². The van der Waals surface area contributed by atoms with E-state index in [4.69, 9.17) is 21.1 Å². The molecule has 0 spiro atoms. The zero-order valence-corrected chi connectivity index (χ0v) is 41.9. The van der Waals surface area contributed by atoms with Crippen LogP contribution in [0, 0.1) is 11.8 Å². The Morgan fingerprint density at radius 2 is 1.18 bits per heavy atom. The van der Waals surface area contributed by atoms with Gasteiger partial charge in [-0.05, 0) is 83.7 Å². The molecule has 4 aromatic heterocycles. The fourth-order valence-electron chi connectivity index (χ4n) is 8.26. The molecule has 21 heteroatoms. The summed E-state index contributed by atoms with van der Waals surface area (Å²) in [4.78, 5) is 72.0. The Balaban J connectivity index is 0.000000166. The number of aryl methyl sites for hydroxylation is 2. The highest BCUT2D eigenvalue weighted by Crippen LogP contribution is 2.42. The van der Waals surface area contributed by atoms with E-state index in [1.807, 2.05) is 73.9 Å². The number of aromatic nitrogens is 8. The van der Waals surface area contributed by atoms with E-state index >= 15 is 0 Å². The molecule has 6 heterocycles. The van der Waals surface area contributed by atoms with E-state index in [2.05, 4.69) is 46.1 Å². The SMILES string of the molecule is CC(C)N1CCNC1=O.COc1c(Nc2cc(Cl)ncc2C(=O)C2CC2)cccc1-c1ncn(C)n1.COc1c(Nc2cc(N3CCN(C(C)C)C3=O)ncc2C(=O)C2CC2)cccc1-c1ncn(C)n1. The molecule has 0 atom stereocenters. The summed E-state index contributed by atoms with van der Waals surface area (Å²) in [7, 11) is 6.78. The van der Waals surface area contributed by atoms with Crippen molar-refractivity contribution in [1.29, 1.82) is 0 Å². The number of nitrogens with zero attached hydrogens (tertiary/aromatic N) is 11. The number of para-hydroxylation sites is 2. The van der Waals surface area contributed by atoms with E-state index in [1.54, 1.807) is 73.6 Å². The first kappa shape index (κ1) is 49.8. The third-order valence-corrected chi connectivity index (χ3v) is 12.5. The van der Waals surface area contributed by atoms with E-state index < -0.39 is 0 Å². The van der Waals surface area contributed by atoms with Crippen molar-refractivity contribution in [3.05, 3.63) is 89.9 Å². The van der Waals surface area contributed by atoms with Crippen LogP contribution in [0.1, 0.15) is 74.1 Å². The summed E-state index contributed by atoms with van der Waals surface area (Å²) in [5, 5.41) is 18.5. The molecule has 372 valence electrons. The molecule has 0 bridgehead atoms. The predicted octanol–water partition coefficient (Wildman–Crippen LogP) is 8.17. The van der Waals surface area contributed by atoms with Crippen molar-refractivity contribution >= 4 is 63.8 Å². The summed E-state index contributed by atoms with van der Waals surface area (Å²) in [5.41, 5.74) is 5.06. The van der Waals surface area contributed by atoms with Crippen molar-refractivity contribution in [3.8, 4) is 34.3 Å². The van der Waals surface area contributed by atoms with Gasteiger partial charge in [-0.2, -0.15) is 10.2 Å². The topological polar surface area (TPSA) is 220 Å². The van der Waals surface area contributed by atoms with Crippen LogP contribution < -0.4 is 30.3 Å². The number of carbonyl (C=O) groups is 4. The van der Waals surface area contributed by atoms with Crippen LogP contribution in [0.25, 0.3) is 22.8 Å². The van der Waals surface area contributed by atoms with Gasteiger partial charge in [-0.25, -0.2) is 29.5 Å². The fourth-order valence-corrected chi connectivity index (χ4v) is 8.41. The molecule has 6 aromatic rings. The number of hydrogen-bond acceptors (Lipinski definition) is 14. The van der Waals surface area contributed by atoms with Crippen molar-refractivity contribution in [3.63, 3.8) is 0 Å². The summed E-state index contributed by atoms with van der Waals surface area (Å²) >= 11 is 6.07. The molecule has 4 fully saturated rings. The van der Waals surface area contributed by atoms with Crippen molar-refractivity contribution < 1.29 is 28.7 Å². The molecule has 2 aromatic carbocycles. The van der Waals surface area contributed by atoms with E-state index in [-0.39, 0.29) is 41.5 Å². The monoisotopic (exact) mass is 986 g/mol. The first-order valence-electron chi connectivity index (χ1n) is 23.6. The summed E-state index contributed by atoms with van der Waals surface area (Å²) < 4.78 is 14.6. The number of rotatable bonds is 15. The number of methoxy groups -OCH3 is 2. The molecule has 3 N–H and O–H groups in total. The Morgan fingerprint density at radius 3 is 1.59 bits per heavy atom. The van der Waals surface area contributed by atoms with Gasteiger partial charge in [0.05, 0.1) is 59.2 Å². The molecule has 4 aliphatic rings. The Morgan fingerprint density at radius 1 is 0.676 bits per heavy atom. The Labute approximate surface area is 417 Å². The number of urea groups is 2. The molecule has 20 nitrogen and oxygen atoms in total. The Bertz CT molecular complexity index is 2930. The average Bonchev–Trinajstić information content (AvgIpc) is 4.21. The van der Waals surface area contributed by atoms with Gasteiger partial charge in [0.1, 0.15) is 23.6 Å². The number of ketones is 2. The molecule has 0 radical (unpaired) electrons. The van der Waals surface area contributed by atoms with E-state index in [1.165, 1.54) is 6.20 Å². The number of nitrogens with one attached hydrogen (secondary N) is 3. The number of amides is 4. The van der Waals surface area contributed by atoms with Crippen LogP contribution in [0.2, 0.25) is 5.15 Å². The molecule has 71 heavy (non-hydrogen) atoms. The van der Waals surface area contributed by atoms with Crippen LogP contribution in [0.15, 0.2) is 73.6 Å². The maximum absolute atomic E-state index is 13.1. The summed E-state index contributed by atoms with van der Waals surface area (Å²) in [6.07, 6.45) is 9.99. The smallest absolute Gasteiger partial charge is 0.326 e. The second kappa shape index (κ2) is 21.6. The molecular formula is C50H59ClN14O6. The van der Waals surface area contributed by atoms with Crippen molar-refractivity contribution in [2.75, 3.05) is 55.9 Å². The van der Waals surface area contributed by atoms with Gasteiger partial charge < -0.3 is 35.2 Å². The van der Waals surface area contributed by atoms with Gasteiger partial charge in [0.15, 0.2) is 34.7 Å². The van der Waals surface area contributed by atoms with Crippen LogP contribution in [0.4, 0.5) is 38.2 Å². The normalized spacial score (nSPS) is 15.3. The average molecular weight is 988 g/mol. The first-order valence-corrected chi connectivity index (χ1v) is 24.0. The summed E-state index contributed by atoms with van der Waals surface area (Å²) in [6.45, 7) is 10.9. The number of pyridine rings is 2. The Kier molecular flexibility index (Phi) is 15.1. The van der Waals surface area contributed by atoms with Gasteiger partial charge in [0, 0.05) is 82.7 Å². The lowest BCUT2D eigenvalue weighted by molar-refractivity contribution is 0.0960. The molecule has 2 saturated heterocycles. The molecular weight excluding hydrogens is 928 g/mol. The van der Waals surface area contributed by atoms with Crippen LogP contribution in [-0.2, 0) is 14.1 Å². The minimum absolute atomic E-state index is 0.0269. The second-order valence-corrected chi connectivity index (χ2v) is 18.6. The minimum Gasteiger partial charge on any atom is -0.494 e. The van der Waals surface area contributed by atoms with Gasteiger partial charge >= 0.3 is 12.1 Å². The molecule has 10 rings (SSSR count). The lowest BCUT2D eigenvalue weighted by atomic mass is 10.1. The van der Waals surface area contributed by atoms with Gasteiger partial charge in [-0.15, -0.1) is 0 Å². The largest absolute Gasteiger partial charge is 0.494 e. The van der Waals surface area contributed by atoms with Crippen molar-refractivity contribution in [2.45, 2.75) is 65.5 Å². The van der Waals surface area contributed by atoms with Gasteiger partial charge in [0.2, 0.25) is 0 Å². The van der Waals surface area contributed by atoms with Crippen molar-refractivity contribution in [1.82, 2.24) is 54.6 Å². The molecule has 0 unspecified atom stereocenters. The first-order chi connectivity index (χ1) is 34.1. The lowest BCUT2D eigenvalue weighted by Gasteiger charge is -2.22. The molecule has 2 saturated carbocycles. The van der Waals surface area contributed by atoms with Gasteiger partial charge in [-0.3, -0.25) is 23.9 Å². The number of ether oxygens (including phenoxy) is 2. The van der Waals surface area contributed by atoms with Crippen LogP contribution in [-0.4, -0.2) is 125 Å². The molecule has 4 amide bonds. The Hall–Kier alpha value is -7.61. The maximum Gasteiger partial charge on any atom is 0.326 e. The number of benzene rings is 2. The van der Waals surface area contributed by atoms with Crippen LogP contribution >= 0.6 is 11.6 Å². The zero-order chi connectivity index (χ0) is 50.5.